The number of nitrogens with zero attached hydrogens (tertiary/aromatic N) is 1. The summed E-state index contributed by atoms with van der Waals surface area (Å²) in [6.07, 6.45) is 2.34. The van der Waals surface area contributed by atoms with E-state index < -0.39 is 18.0 Å². The fourth-order valence-corrected chi connectivity index (χ4v) is 3.94. The highest BCUT2D eigenvalue weighted by Crippen LogP contribution is 2.46. The number of H-pyrrole nitrogens is 1. The molecular formula is C21H19F2N3O3. The number of carbonyl (C=O) groups is 1. The number of benzene rings is 2. The molecule has 0 saturated heterocycles. The number of rotatable bonds is 3. The summed E-state index contributed by atoms with van der Waals surface area (Å²) < 4.78 is 37.7. The summed E-state index contributed by atoms with van der Waals surface area (Å²) in [4.78, 5) is 19.0. The number of aromatic amines is 1. The zero-order valence-corrected chi connectivity index (χ0v) is 15.5. The number of fused-ring (bicyclic) bond motifs is 2. The highest BCUT2D eigenvalue weighted by Gasteiger charge is 2.42. The molecule has 1 saturated carbocycles. The van der Waals surface area contributed by atoms with Crippen molar-refractivity contribution in [1.82, 2.24) is 9.97 Å². The number of anilines is 1. The number of halogens is 2. The van der Waals surface area contributed by atoms with Gasteiger partial charge in [0.05, 0.1) is 11.0 Å². The van der Waals surface area contributed by atoms with Crippen LogP contribution in [0.5, 0.6) is 11.5 Å². The molecule has 29 heavy (non-hydrogen) atoms. The molecule has 2 N–H and O–H groups in total. The fourth-order valence-electron chi connectivity index (χ4n) is 3.94. The fraction of sp³-hybridized carbons (Fsp3) is 0.333. The van der Waals surface area contributed by atoms with Crippen LogP contribution in [0.3, 0.4) is 0 Å². The number of nitrogens with one attached hydrogen (secondary N) is 2. The molecule has 1 fully saturated rings. The molecule has 2 heterocycles. The van der Waals surface area contributed by atoms with Gasteiger partial charge in [0.2, 0.25) is 0 Å². The smallest absolute Gasteiger partial charge is 0.295 e. The van der Waals surface area contributed by atoms with Crippen LogP contribution in [0, 0.1) is 0 Å². The topological polar surface area (TPSA) is 76.2 Å². The molecule has 0 unspecified atom stereocenters. The average Bonchev–Trinajstić information content (AvgIpc) is 3.28. The zero-order valence-electron chi connectivity index (χ0n) is 15.5. The summed E-state index contributed by atoms with van der Waals surface area (Å²) in [5.41, 5.74) is 1.68. The Bertz CT molecular complexity index is 1090. The Morgan fingerprint density at radius 3 is 2.66 bits per heavy atom. The first kappa shape index (κ1) is 17.9. The molecule has 8 heteroatoms. The third-order valence-electron chi connectivity index (χ3n) is 5.38. The Balaban J connectivity index is 1.34. The summed E-state index contributed by atoms with van der Waals surface area (Å²) >= 11 is 0. The number of hydrogen-bond acceptors (Lipinski definition) is 4. The van der Waals surface area contributed by atoms with Crippen molar-refractivity contribution in [2.24, 2.45) is 0 Å². The quantitative estimate of drug-likeness (QED) is 0.636. The molecular weight excluding hydrogens is 380 g/mol. The van der Waals surface area contributed by atoms with Crippen molar-refractivity contribution >= 4 is 22.6 Å². The van der Waals surface area contributed by atoms with Crippen molar-refractivity contribution < 1.29 is 23.0 Å². The van der Waals surface area contributed by atoms with E-state index in [0.29, 0.717) is 33.8 Å². The predicted octanol–water partition coefficient (Wildman–Crippen LogP) is 5.18. The predicted molar refractivity (Wildman–Crippen MR) is 103 cm³/mol. The van der Waals surface area contributed by atoms with Gasteiger partial charge in [-0.15, -0.1) is 0 Å². The molecule has 0 atom stereocenters. The largest absolute Gasteiger partial charge is 0.448 e. The lowest BCUT2D eigenvalue weighted by atomic mass is 9.94. The standard InChI is InChI=1S/C21H19F2N3O3/c22-18(23)19-25-14-6-4-12(10-15(14)26-19)20(27)24-13-5-7-16-17(11-13)29-21(28-16)8-2-1-3-9-21/h4-7,10-11,18H,1-3,8-9H2,(H,24,27)(H,25,26). The molecule has 1 aliphatic carbocycles. The average molecular weight is 399 g/mol. The Morgan fingerprint density at radius 2 is 1.86 bits per heavy atom. The first-order valence-electron chi connectivity index (χ1n) is 9.63. The van der Waals surface area contributed by atoms with E-state index in [1.165, 1.54) is 12.5 Å². The Kier molecular flexibility index (Phi) is 4.15. The van der Waals surface area contributed by atoms with Gasteiger partial charge >= 0.3 is 0 Å². The molecule has 2 aliphatic rings. The highest BCUT2D eigenvalue weighted by atomic mass is 19.3. The Hall–Kier alpha value is -3.16. The maximum Gasteiger partial charge on any atom is 0.295 e. The molecule has 1 spiro atoms. The third kappa shape index (κ3) is 3.28. The van der Waals surface area contributed by atoms with Crippen LogP contribution in [0.1, 0.15) is 54.7 Å². The van der Waals surface area contributed by atoms with Crippen LogP contribution < -0.4 is 14.8 Å². The van der Waals surface area contributed by atoms with Gasteiger partial charge in [0, 0.05) is 30.2 Å². The molecule has 3 aromatic rings. The Labute approximate surface area is 165 Å². The van der Waals surface area contributed by atoms with Crippen LogP contribution in [0.4, 0.5) is 14.5 Å². The monoisotopic (exact) mass is 399 g/mol. The third-order valence-corrected chi connectivity index (χ3v) is 5.38. The number of carbonyl (C=O) groups excluding carboxylic acids is 1. The molecule has 5 rings (SSSR count). The van der Waals surface area contributed by atoms with E-state index in [1.807, 2.05) is 0 Å². The first-order chi connectivity index (χ1) is 14.0. The van der Waals surface area contributed by atoms with Crippen LogP contribution in [0.25, 0.3) is 11.0 Å². The van der Waals surface area contributed by atoms with Gasteiger partial charge in [-0.25, -0.2) is 13.8 Å². The van der Waals surface area contributed by atoms with Gasteiger partial charge in [-0.1, -0.05) is 6.42 Å². The lowest BCUT2D eigenvalue weighted by Crippen LogP contribution is -2.40. The molecule has 1 aliphatic heterocycles. The summed E-state index contributed by atoms with van der Waals surface area (Å²) in [5, 5.41) is 2.82. The van der Waals surface area contributed by atoms with Gasteiger partial charge in [-0.3, -0.25) is 4.79 Å². The van der Waals surface area contributed by atoms with E-state index in [2.05, 4.69) is 15.3 Å². The first-order valence-corrected chi connectivity index (χ1v) is 9.63. The normalized spacial score (nSPS) is 17.2. The SMILES string of the molecule is O=C(Nc1ccc2c(c1)OC1(CCCCC1)O2)c1ccc2nc(C(F)F)[nH]c2c1. The minimum atomic E-state index is -2.69. The molecule has 150 valence electrons. The minimum Gasteiger partial charge on any atom is -0.448 e. The van der Waals surface area contributed by atoms with E-state index in [-0.39, 0.29) is 5.91 Å². The van der Waals surface area contributed by atoms with Crippen molar-refractivity contribution in [1.29, 1.82) is 0 Å². The Morgan fingerprint density at radius 1 is 1.07 bits per heavy atom. The summed E-state index contributed by atoms with van der Waals surface area (Å²) in [6, 6.07) is 9.90. The van der Waals surface area contributed by atoms with E-state index in [0.717, 1.165) is 25.7 Å². The molecule has 1 amide bonds. The van der Waals surface area contributed by atoms with E-state index in [9.17, 15) is 13.6 Å². The maximum absolute atomic E-state index is 12.8. The number of aromatic nitrogens is 2. The molecule has 0 radical (unpaired) electrons. The summed E-state index contributed by atoms with van der Waals surface area (Å²) in [6.45, 7) is 0. The van der Waals surface area contributed by atoms with Crippen molar-refractivity contribution in [2.45, 2.75) is 44.3 Å². The molecule has 6 nitrogen and oxygen atoms in total. The van der Waals surface area contributed by atoms with Crippen LogP contribution in [-0.2, 0) is 0 Å². The van der Waals surface area contributed by atoms with Crippen LogP contribution >= 0.6 is 0 Å². The highest BCUT2D eigenvalue weighted by molar-refractivity contribution is 6.06. The second kappa shape index (κ2) is 6.72. The summed E-state index contributed by atoms with van der Waals surface area (Å²) in [5.74, 6) is -0.0352. The minimum absolute atomic E-state index is 0.336. The second-order valence-electron chi connectivity index (χ2n) is 7.45. The van der Waals surface area contributed by atoms with Gasteiger partial charge in [0.25, 0.3) is 18.1 Å². The van der Waals surface area contributed by atoms with Gasteiger partial charge in [-0.2, -0.15) is 0 Å². The summed E-state index contributed by atoms with van der Waals surface area (Å²) in [7, 11) is 0. The zero-order chi connectivity index (χ0) is 20.0. The maximum atomic E-state index is 12.8. The number of alkyl halides is 2. The van der Waals surface area contributed by atoms with E-state index in [4.69, 9.17) is 9.47 Å². The van der Waals surface area contributed by atoms with Gasteiger partial charge in [0.1, 0.15) is 0 Å². The lowest BCUT2D eigenvalue weighted by molar-refractivity contribution is -0.105. The van der Waals surface area contributed by atoms with Crippen molar-refractivity contribution in [3.8, 4) is 11.5 Å². The van der Waals surface area contributed by atoms with Crippen LogP contribution in [0.2, 0.25) is 0 Å². The second-order valence-corrected chi connectivity index (χ2v) is 7.45. The van der Waals surface area contributed by atoms with Gasteiger partial charge in [0.15, 0.2) is 17.3 Å². The van der Waals surface area contributed by atoms with Gasteiger partial charge < -0.3 is 19.8 Å². The number of amides is 1. The van der Waals surface area contributed by atoms with Crippen molar-refractivity contribution in [2.75, 3.05) is 5.32 Å². The molecule has 2 aromatic carbocycles. The van der Waals surface area contributed by atoms with Gasteiger partial charge in [-0.05, 0) is 43.2 Å². The number of hydrogen-bond donors (Lipinski definition) is 2. The lowest BCUT2D eigenvalue weighted by Gasteiger charge is -2.31. The van der Waals surface area contributed by atoms with E-state index in [1.54, 1.807) is 30.3 Å². The van der Waals surface area contributed by atoms with Crippen molar-refractivity contribution in [3.63, 3.8) is 0 Å². The van der Waals surface area contributed by atoms with Crippen LogP contribution in [-0.4, -0.2) is 21.7 Å². The number of imidazole rings is 1. The molecule has 0 bridgehead atoms. The van der Waals surface area contributed by atoms with Crippen molar-refractivity contribution in [3.05, 3.63) is 47.8 Å². The van der Waals surface area contributed by atoms with E-state index >= 15 is 0 Å². The van der Waals surface area contributed by atoms with Crippen LogP contribution in [0.15, 0.2) is 36.4 Å². The molecule has 1 aromatic heterocycles. The number of ether oxygens (including phenoxy) is 2.